The monoisotopic (exact) mass is 291 g/mol. The Kier molecular flexibility index (Phi) is 2.66. The van der Waals surface area contributed by atoms with Gasteiger partial charge in [0.25, 0.3) is 0 Å². The van der Waals surface area contributed by atoms with Gasteiger partial charge < -0.3 is 14.7 Å². The number of aryl methyl sites for hydroxylation is 1. The normalized spacial score (nSPS) is 13.0. The molecule has 0 saturated heterocycles. The van der Waals surface area contributed by atoms with Gasteiger partial charge in [-0.3, -0.25) is 0 Å². The zero-order valence-corrected chi connectivity index (χ0v) is 12.1. The van der Waals surface area contributed by atoms with E-state index in [0.29, 0.717) is 5.82 Å². The van der Waals surface area contributed by atoms with Gasteiger partial charge in [-0.2, -0.15) is 0 Å². The average molecular weight is 291 g/mol. The van der Waals surface area contributed by atoms with Crippen molar-refractivity contribution in [2.75, 3.05) is 5.73 Å². The number of pyridine rings is 1. The first-order valence-electron chi connectivity index (χ1n) is 6.99. The number of imidazole rings is 1. The van der Waals surface area contributed by atoms with Crippen molar-refractivity contribution in [2.45, 2.75) is 13.0 Å². The Balaban J connectivity index is 1.84. The first-order chi connectivity index (χ1) is 10.6. The molecule has 0 aliphatic carbocycles. The lowest BCUT2D eigenvalue weighted by atomic mass is 10.1. The molecule has 1 radical (unpaired) electrons. The van der Waals surface area contributed by atoms with Gasteiger partial charge in [0.15, 0.2) is 0 Å². The lowest BCUT2D eigenvalue weighted by Gasteiger charge is -2.15. The van der Waals surface area contributed by atoms with Crippen LogP contribution >= 0.6 is 0 Å². The predicted octanol–water partition coefficient (Wildman–Crippen LogP) is 2.39. The van der Waals surface area contributed by atoms with Gasteiger partial charge in [-0.05, 0) is 37.6 Å². The second-order valence-electron chi connectivity index (χ2n) is 5.32. The van der Waals surface area contributed by atoms with Crippen LogP contribution in [0.25, 0.3) is 16.7 Å². The van der Waals surface area contributed by atoms with Crippen LogP contribution in [0.5, 0.6) is 0 Å². The zero-order chi connectivity index (χ0) is 15.3. The molecule has 0 bridgehead atoms. The average Bonchev–Trinajstić information content (AvgIpc) is 3.11. The van der Waals surface area contributed by atoms with Gasteiger partial charge in [0, 0.05) is 24.3 Å². The molecule has 1 atom stereocenters. The summed E-state index contributed by atoms with van der Waals surface area (Å²) in [7, 11) is 0. The molecule has 0 amide bonds. The minimum Gasteiger partial charge on any atom is -0.383 e. The number of anilines is 1. The van der Waals surface area contributed by atoms with E-state index in [4.69, 9.17) is 5.73 Å². The highest BCUT2D eigenvalue weighted by Gasteiger charge is 2.14. The van der Waals surface area contributed by atoms with Crippen LogP contribution in [-0.4, -0.2) is 23.9 Å². The van der Waals surface area contributed by atoms with Gasteiger partial charge in [0.05, 0.1) is 11.4 Å². The van der Waals surface area contributed by atoms with Crippen molar-refractivity contribution in [1.82, 2.24) is 23.9 Å². The van der Waals surface area contributed by atoms with Crippen molar-refractivity contribution in [1.29, 1.82) is 0 Å². The molecule has 0 fully saturated rings. The standard InChI is InChI=1S/C16H15N6/c1-10-8-18-14-7-12(3-5-21(10)14)11(2)22-6-4-13-15(17)19-9-20-16(13)22/h3-9,11H,2H2,1H3,(H2,17,19,20). The quantitative estimate of drug-likeness (QED) is 0.615. The summed E-state index contributed by atoms with van der Waals surface area (Å²) >= 11 is 0. The van der Waals surface area contributed by atoms with Crippen LogP contribution in [0.15, 0.2) is 43.1 Å². The number of hydrogen-bond donors (Lipinski definition) is 1. The first-order valence-corrected chi connectivity index (χ1v) is 6.99. The fourth-order valence-electron chi connectivity index (χ4n) is 2.73. The molecule has 4 aromatic heterocycles. The molecule has 22 heavy (non-hydrogen) atoms. The molecule has 0 spiro atoms. The lowest BCUT2D eigenvalue weighted by molar-refractivity contribution is 0.716. The van der Waals surface area contributed by atoms with E-state index in [1.54, 1.807) is 0 Å². The molecule has 4 heterocycles. The van der Waals surface area contributed by atoms with Crippen LogP contribution in [0.3, 0.4) is 0 Å². The first kappa shape index (κ1) is 12.8. The SMILES string of the molecule is [CH2]C(c1ccn2c(C)cnc2c1)n1ccc2c(N)ncnc21. The highest BCUT2D eigenvalue weighted by atomic mass is 15.1. The molecule has 0 saturated carbocycles. The Bertz CT molecular complexity index is 981. The Morgan fingerprint density at radius 3 is 2.91 bits per heavy atom. The van der Waals surface area contributed by atoms with E-state index >= 15 is 0 Å². The van der Waals surface area contributed by atoms with Gasteiger partial charge in [-0.15, -0.1) is 0 Å². The van der Waals surface area contributed by atoms with Gasteiger partial charge in [0.1, 0.15) is 23.4 Å². The topological polar surface area (TPSA) is 74.0 Å². The Labute approximate surface area is 127 Å². The number of fused-ring (bicyclic) bond motifs is 2. The summed E-state index contributed by atoms with van der Waals surface area (Å²) in [5.74, 6) is 0.482. The second kappa shape index (κ2) is 4.56. The van der Waals surface area contributed by atoms with E-state index in [-0.39, 0.29) is 6.04 Å². The smallest absolute Gasteiger partial charge is 0.146 e. The van der Waals surface area contributed by atoms with Crippen molar-refractivity contribution in [3.8, 4) is 0 Å². The summed E-state index contributed by atoms with van der Waals surface area (Å²) in [6, 6.07) is 5.89. The number of nitrogens with zero attached hydrogens (tertiary/aromatic N) is 5. The van der Waals surface area contributed by atoms with Crippen molar-refractivity contribution in [3.63, 3.8) is 0 Å². The van der Waals surface area contributed by atoms with Gasteiger partial charge in [-0.25, -0.2) is 15.0 Å². The fraction of sp³-hybridized carbons (Fsp3) is 0.125. The van der Waals surface area contributed by atoms with Crippen LogP contribution in [-0.2, 0) is 0 Å². The summed E-state index contributed by atoms with van der Waals surface area (Å²) in [6.45, 7) is 6.30. The van der Waals surface area contributed by atoms with Crippen LogP contribution in [0.1, 0.15) is 17.3 Å². The molecule has 4 rings (SSSR count). The van der Waals surface area contributed by atoms with E-state index in [2.05, 4.69) is 27.9 Å². The Morgan fingerprint density at radius 1 is 1.18 bits per heavy atom. The summed E-state index contributed by atoms with van der Waals surface area (Å²) in [5.41, 5.74) is 9.75. The van der Waals surface area contributed by atoms with Crippen molar-refractivity contribution < 1.29 is 0 Å². The summed E-state index contributed by atoms with van der Waals surface area (Å²) in [4.78, 5) is 12.7. The second-order valence-corrected chi connectivity index (χ2v) is 5.32. The molecule has 6 heteroatoms. The number of hydrogen-bond acceptors (Lipinski definition) is 4. The van der Waals surface area contributed by atoms with E-state index in [9.17, 15) is 0 Å². The highest BCUT2D eigenvalue weighted by Crippen LogP contribution is 2.26. The largest absolute Gasteiger partial charge is 0.383 e. The molecule has 2 N–H and O–H groups in total. The third kappa shape index (κ3) is 1.77. The van der Waals surface area contributed by atoms with Gasteiger partial charge >= 0.3 is 0 Å². The number of nitrogen functional groups attached to an aromatic ring is 1. The minimum atomic E-state index is -0.117. The summed E-state index contributed by atoms with van der Waals surface area (Å²) < 4.78 is 4.04. The molecule has 0 aliphatic heterocycles. The fourth-order valence-corrected chi connectivity index (χ4v) is 2.73. The zero-order valence-electron chi connectivity index (χ0n) is 12.1. The molecule has 6 nitrogen and oxygen atoms in total. The molecule has 109 valence electrons. The van der Waals surface area contributed by atoms with E-state index < -0.39 is 0 Å². The summed E-state index contributed by atoms with van der Waals surface area (Å²) in [6.07, 6.45) is 7.28. The number of nitrogens with two attached hydrogens (primary N) is 1. The third-order valence-electron chi connectivity index (χ3n) is 3.98. The lowest BCUT2D eigenvalue weighted by Crippen LogP contribution is -2.07. The van der Waals surface area contributed by atoms with Crippen molar-refractivity contribution in [2.24, 2.45) is 0 Å². The van der Waals surface area contributed by atoms with Crippen LogP contribution < -0.4 is 5.73 Å². The highest BCUT2D eigenvalue weighted by molar-refractivity contribution is 5.86. The van der Waals surface area contributed by atoms with Crippen molar-refractivity contribution in [3.05, 3.63) is 61.3 Å². The Hall–Kier alpha value is -2.89. The van der Waals surface area contributed by atoms with Crippen LogP contribution in [0.2, 0.25) is 0 Å². The van der Waals surface area contributed by atoms with Gasteiger partial charge in [0.2, 0.25) is 0 Å². The van der Waals surface area contributed by atoms with E-state index in [1.165, 1.54) is 6.33 Å². The van der Waals surface area contributed by atoms with E-state index in [0.717, 1.165) is 27.9 Å². The third-order valence-corrected chi connectivity index (χ3v) is 3.98. The minimum absolute atomic E-state index is 0.117. The molecule has 0 aromatic carbocycles. The van der Waals surface area contributed by atoms with Crippen LogP contribution in [0, 0.1) is 13.8 Å². The number of rotatable bonds is 2. The molecule has 1 unspecified atom stereocenters. The van der Waals surface area contributed by atoms with Gasteiger partial charge in [-0.1, -0.05) is 0 Å². The Morgan fingerprint density at radius 2 is 2.05 bits per heavy atom. The number of aromatic nitrogens is 5. The van der Waals surface area contributed by atoms with Crippen LogP contribution in [0.4, 0.5) is 5.82 Å². The van der Waals surface area contributed by atoms with E-state index in [1.807, 2.05) is 46.6 Å². The molecule has 4 aromatic rings. The molecular formula is C16H15N6. The van der Waals surface area contributed by atoms with Crippen molar-refractivity contribution >= 4 is 22.5 Å². The molecule has 0 aliphatic rings. The predicted molar refractivity (Wildman–Crippen MR) is 85.4 cm³/mol. The maximum Gasteiger partial charge on any atom is 0.146 e. The molecular weight excluding hydrogens is 276 g/mol. The maximum atomic E-state index is 5.89. The maximum absolute atomic E-state index is 5.89. The summed E-state index contributed by atoms with van der Waals surface area (Å²) in [5, 5.41) is 0.842.